The third-order valence-electron chi connectivity index (χ3n) is 2.54. The summed E-state index contributed by atoms with van der Waals surface area (Å²) in [7, 11) is 0. The number of pyridine rings is 1. The molecule has 0 aliphatic rings. The molecule has 5 heteroatoms. The van der Waals surface area contributed by atoms with E-state index in [1.165, 1.54) is 0 Å². The summed E-state index contributed by atoms with van der Waals surface area (Å²) in [6.07, 6.45) is 3.80. The average Bonchev–Trinajstić information content (AvgIpc) is 2.25. The van der Waals surface area contributed by atoms with Crippen LogP contribution in [-0.4, -0.2) is 22.5 Å². The summed E-state index contributed by atoms with van der Waals surface area (Å²) in [5.41, 5.74) is 7.51. The van der Waals surface area contributed by atoms with Crippen LogP contribution in [0.3, 0.4) is 0 Å². The van der Waals surface area contributed by atoms with Gasteiger partial charge in [-0.05, 0) is 48.5 Å². The number of nitrogens with zero attached hydrogens (tertiary/aromatic N) is 1. The third-order valence-corrected chi connectivity index (χ3v) is 4.76. The highest BCUT2D eigenvalue weighted by Crippen LogP contribution is 2.29. The van der Waals surface area contributed by atoms with Gasteiger partial charge in [0.25, 0.3) is 0 Å². The van der Waals surface area contributed by atoms with E-state index in [0.29, 0.717) is 5.69 Å². The van der Waals surface area contributed by atoms with Gasteiger partial charge in [-0.2, -0.15) is 11.8 Å². The second-order valence-corrected chi connectivity index (χ2v) is 6.62. The second kappa shape index (κ2) is 5.27. The van der Waals surface area contributed by atoms with Crippen LogP contribution in [0.25, 0.3) is 0 Å². The molecule has 0 bridgehead atoms. The van der Waals surface area contributed by atoms with Crippen LogP contribution in [0.4, 0.5) is 11.5 Å². The van der Waals surface area contributed by atoms with E-state index in [-0.39, 0.29) is 4.75 Å². The zero-order valence-corrected chi connectivity index (χ0v) is 12.5. The molecule has 0 atom stereocenters. The first-order valence-electron chi connectivity index (χ1n) is 5.07. The number of hydrogen-bond donors (Lipinski definition) is 2. The summed E-state index contributed by atoms with van der Waals surface area (Å²) < 4.78 is 1.14. The minimum absolute atomic E-state index is 0.191. The van der Waals surface area contributed by atoms with Crippen molar-refractivity contribution in [3.05, 3.63) is 16.2 Å². The monoisotopic (exact) mass is 303 g/mol. The fraction of sp³-hybridized carbons (Fsp3) is 0.545. The van der Waals surface area contributed by atoms with Crippen LogP contribution in [0.2, 0.25) is 0 Å². The van der Waals surface area contributed by atoms with Crippen molar-refractivity contribution in [2.45, 2.75) is 25.5 Å². The molecule has 0 unspecified atom stereocenters. The zero-order chi connectivity index (χ0) is 12.3. The maximum atomic E-state index is 5.77. The van der Waals surface area contributed by atoms with Gasteiger partial charge in [0.1, 0.15) is 5.82 Å². The van der Waals surface area contributed by atoms with Crippen LogP contribution in [-0.2, 0) is 0 Å². The van der Waals surface area contributed by atoms with Crippen LogP contribution in [0.5, 0.6) is 0 Å². The predicted molar refractivity (Wildman–Crippen MR) is 77.2 cm³/mol. The van der Waals surface area contributed by atoms with Crippen LogP contribution in [0, 0.1) is 6.92 Å². The summed E-state index contributed by atoms with van der Waals surface area (Å²) in [4.78, 5) is 4.28. The van der Waals surface area contributed by atoms with E-state index < -0.39 is 0 Å². The van der Waals surface area contributed by atoms with Gasteiger partial charge >= 0.3 is 0 Å². The fourth-order valence-corrected chi connectivity index (χ4v) is 1.77. The molecule has 1 heterocycles. The molecule has 0 saturated heterocycles. The van der Waals surface area contributed by atoms with Crippen molar-refractivity contribution in [2.75, 3.05) is 23.9 Å². The van der Waals surface area contributed by atoms with Gasteiger partial charge in [-0.15, -0.1) is 0 Å². The maximum absolute atomic E-state index is 5.77. The zero-order valence-electron chi connectivity index (χ0n) is 10.1. The van der Waals surface area contributed by atoms with Gasteiger partial charge in [-0.25, -0.2) is 4.98 Å². The predicted octanol–water partition coefficient (Wildman–Crippen LogP) is 3.29. The Morgan fingerprint density at radius 2 is 2.19 bits per heavy atom. The summed E-state index contributed by atoms with van der Waals surface area (Å²) in [6.45, 7) is 7.24. The lowest BCUT2D eigenvalue weighted by molar-refractivity contribution is 0.749. The van der Waals surface area contributed by atoms with Crippen molar-refractivity contribution in [3.63, 3.8) is 0 Å². The van der Waals surface area contributed by atoms with Gasteiger partial charge in [0.05, 0.1) is 16.4 Å². The first-order chi connectivity index (χ1) is 7.37. The molecule has 1 rings (SSSR count). The summed E-state index contributed by atoms with van der Waals surface area (Å²) in [5.74, 6) is 0.855. The van der Waals surface area contributed by atoms with Crippen molar-refractivity contribution in [1.29, 1.82) is 0 Å². The highest BCUT2D eigenvalue weighted by molar-refractivity contribution is 9.10. The number of rotatable bonds is 4. The number of anilines is 2. The molecular weight excluding hydrogens is 286 g/mol. The quantitative estimate of drug-likeness (QED) is 0.896. The lowest BCUT2D eigenvalue weighted by Gasteiger charge is -2.23. The van der Waals surface area contributed by atoms with Gasteiger partial charge in [-0.1, -0.05) is 0 Å². The molecule has 16 heavy (non-hydrogen) atoms. The van der Waals surface area contributed by atoms with Crippen LogP contribution < -0.4 is 11.1 Å². The number of halogens is 1. The van der Waals surface area contributed by atoms with E-state index in [1.54, 1.807) is 6.20 Å². The van der Waals surface area contributed by atoms with E-state index >= 15 is 0 Å². The van der Waals surface area contributed by atoms with E-state index in [0.717, 1.165) is 22.4 Å². The van der Waals surface area contributed by atoms with Crippen molar-refractivity contribution in [2.24, 2.45) is 0 Å². The molecule has 3 N–H and O–H groups in total. The van der Waals surface area contributed by atoms with Crippen molar-refractivity contribution in [3.8, 4) is 0 Å². The number of aromatic nitrogens is 1. The van der Waals surface area contributed by atoms with E-state index in [2.05, 4.69) is 46.3 Å². The number of thioether (sulfide) groups is 1. The number of nitrogen functional groups attached to an aromatic ring is 1. The van der Waals surface area contributed by atoms with Gasteiger partial charge in [0, 0.05) is 11.3 Å². The summed E-state index contributed by atoms with van der Waals surface area (Å²) in [5, 5.41) is 3.34. The second-order valence-electron chi connectivity index (χ2n) is 4.32. The molecule has 0 aliphatic carbocycles. The topological polar surface area (TPSA) is 50.9 Å². The lowest BCUT2D eigenvalue weighted by Crippen LogP contribution is -2.26. The highest BCUT2D eigenvalue weighted by atomic mass is 79.9. The number of hydrogen-bond acceptors (Lipinski definition) is 4. The Morgan fingerprint density at radius 1 is 1.56 bits per heavy atom. The normalized spacial score (nSPS) is 11.6. The Bertz CT molecular complexity index is 380. The SMILES string of the molecule is CSC(C)(C)CNc1ncc(N)c(C)c1Br. The Hall–Kier alpha value is -0.420. The molecule has 0 aromatic carbocycles. The molecule has 3 nitrogen and oxygen atoms in total. The molecule has 0 aliphatic heterocycles. The first-order valence-corrected chi connectivity index (χ1v) is 7.09. The Kier molecular flexibility index (Phi) is 4.50. The molecule has 0 radical (unpaired) electrons. The third kappa shape index (κ3) is 3.28. The Balaban J connectivity index is 2.80. The van der Waals surface area contributed by atoms with Crippen LogP contribution in [0.15, 0.2) is 10.7 Å². The highest BCUT2D eigenvalue weighted by Gasteiger charge is 2.16. The van der Waals surface area contributed by atoms with Crippen molar-refractivity contribution >= 4 is 39.2 Å². The molecule has 0 saturated carbocycles. The van der Waals surface area contributed by atoms with Crippen LogP contribution in [0.1, 0.15) is 19.4 Å². The van der Waals surface area contributed by atoms with E-state index in [1.807, 2.05) is 18.7 Å². The first kappa shape index (κ1) is 13.6. The standard InChI is InChI=1S/C11H18BrN3S/c1-7-8(13)5-14-10(9(7)12)15-6-11(2,3)16-4/h5H,6,13H2,1-4H3,(H,14,15). The minimum Gasteiger partial charge on any atom is -0.397 e. The smallest absolute Gasteiger partial charge is 0.140 e. The molecule has 1 aromatic rings. The molecular formula is C11H18BrN3S. The molecule has 90 valence electrons. The molecule has 0 spiro atoms. The van der Waals surface area contributed by atoms with E-state index in [9.17, 15) is 0 Å². The maximum Gasteiger partial charge on any atom is 0.140 e. The van der Waals surface area contributed by atoms with Gasteiger partial charge in [0.2, 0.25) is 0 Å². The summed E-state index contributed by atoms with van der Waals surface area (Å²) in [6, 6.07) is 0. The van der Waals surface area contributed by atoms with Crippen LogP contribution >= 0.6 is 27.7 Å². The molecule has 0 fully saturated rings. The number of nitrogens with one attached hydrogen (secondary N) is 1. The lowest BCUT2D eigenvalue weighted by atomic mass is 10.2. The minimum atomic E-state index is 0.191. The van der Waals surface area contributed by atoms with Crippen molar-refractivity contribution in [1.82, 2.24) is 4.98 Å². The van der Waals surface area contributed by atoms with Crippen molar-refractivity contribution < 1.29 is 0 Å². The Morgan fingerprint density at radius 3 is 2.75 bits per heavy atom. The molecule has 0 amide bonds. The van der Waals surface area contributed by atoms with Gasteiger partial charge in [0.15, 0.2) is 0 Å². The fourth-order valence-electron chi connectivity index (χ4n) is 1.08. The average molecular weight is 304 g/mol. The number of nitrogens with two attached hydrogens (primary N) is 1. The van der Waals surface area contributed by atoms with Gasteiger partial charge < -0.3 is 11.1 Å². The Labute approximate surface area is 110 Å². The largest absolute Gasteiger partial charge is 0.397 e. The van der Waals surface area contributed by atoms with Gasteiger partial charge in [-0.3, -0.25) is 0 Å². The summed E-state index contributed by atoms with van der Waals surface area (Å²) >= 11 is 5.34. The van der Waals surface area contributed by atoms with E-state index in [4.69, 9.17) is 5.73 Å². The molecule has 1 aromatic heterocycles.